The number of hydrogen-bond donors (Lipinski definition) is 1. The topological polar surface area (TPSA) is 47.0 Å². The zero-order chi connectivity index (χ0) is 11.4. The lowest BCUT2D eigenvalue weighted by molar-refractivity contribution is 0.128. The van der Waals surface area contributed by atoms with E-state index in [0.29, 0.717) is 6.10 Å². The molecule has 1 aliphatic rings. The van der Waals surface area contributed by atoms with E-state index >= 15 is 0 Å². The highest BCUT2D eigenvalue weighted by molar-refractivity contribution is 7.13. The van der Waals surface area contributed by atoms with Crippen LogP contribution in [0.3, 0.4) is 0 Å². The molecule has 0 spiro atoms. The van der Waals surface area contributed by atoms with E-state index in [1.54, 1.807) is 11.3 Å². The van der Waals surface area contributed by atoms with E-state index in [1.165, 1.54) is 12.8 Å². The molecule has 0 aliphatic heterocycles. The molecule has 1 aliphatic carbocycles. The number of hydrogen-bond acceptors (Lipinski definition) is 5. The average molecular weight is 241 g/mol. The van der Waals surface area contributed by atoms with Gasteiger partial charge in [-0.25, -0.2) is 0 Å². The number of nitrogens with one attached hydrogen (secondary N) is 1. The van der Waals surface area contributed by atoms with E-state index in [0.717, 1.165) is 35.5 Å². The predicted octanol–water partition coefficient (Wildman–Crippen LogP) is 2.21. The molecule has 1 aromatic rings. The zero-order valence-corrected chi connectivity index (χ0v) is 10.7. The van der Waals surface area contributed by atoms with Crippen molar-refractivity contribution in [3.63, 3.8) is 0 Å². The second kappa shape index (κ2) is 5.59. The molecule has 2 rings (SSSR count). The Hall–Kier alpha value is -0.680. The standard InChI is InChI=1S/C11H19N3OS/c1-8-4-3-5-9(6-8)15-11-14-13-10(16-11)7-12-2/h8-9,12H,3-7H2,1-2H3. The molecule has 1 N–H and O–H groups in total. The van der Waals surface area contributed by atoms with Gasteiger partial charge in [0.2, 0.25) is 0 Å². The van der Waals surface area contributed by atoms with Gasteiger partial charge in [0.1, 0.15) is 11.1 Å². The lowest BCUT2D eigenvalue weighted by atomic mass is 9.89. The van der Waals surface area contributed by atoms with Crippen LogP contribution >= 0.6 is 11.3 Å². The second-order valence-electron chi connectivity index (χ2n) is 4.50. The molecule has 1 aromatic heterocycles. The van der Waals surface area contributed by atoms with Crippen LogP contribution in [0, 0.1) is 5.92 Å². The molecule has 0 aromatic carbocycles. The molecule has 90 valence electrons. The van der Waals surface area contributed by atoms with Crippen LogP contribution in [0.4, 0.5) is 0 Å². The van der Waals surface area contributed by atoms with Gasteiger partial charge in [-0.05, 0) is 32.2 Å². The summed E-state index contributed by atoms with van der Waals surface area (Å²) in [4.78, 5) is 0. The first kappa shape index (κ1) is 11.8. The second-order valence-corrected chi connectivity index (χ2v) is 5.53. The molecular formula is C11H19N3OS. The van der Waals surface area contributed by atoms with Crippen molar-refractivity contribution >= 4 is 11.3 Å². The normalized spacial score (nSPS) is 25.6. The summed E-state index contributed by atoms with van der Waals surface area (Å²) in [5, 5.41) is 12.9. The molecule has 0 amide bonds. The third kappa shape index (κ3) is 3.15. The van der Waals surface area contributed by atoms with Crippen LogP contribution in [0.5, 0.6) is 5.19 Å². The molecule has 4 nitrogen and oxygen atoms in total. The Bertz CT molecular complexity index is 329. The van der Waals surface area contributed by atoms with Gasteiger partial charge in [-0.2, -0.15) is 0 Å². The first-order valence-corrected chi connectivity index (χ1v) is 6.73. The van der Waals surface area contributed by atoms with Crippen molar-refractivity contribution in [3.05, 3.63) is 5.01 Å². The van der Waals surface area contributed by atoms with Crippen molar-refractivity contribution in [2.45, 2.75) is 45.3 Å². The van der Waals surface area contributed by atoms with E-state index in [4.69, 9.17) is 4.74 Å². The van der Waals surface area contributed by atoms with Crippen LogP contribution in [0.15, 0.2) is 0 Å². The summed E-state index contributed by atoms with van der Waals surface area (Å²) in [6.45, 7) is 3.06. The van der Waals surface area contributed by atoms with Crippen molar-refractivity contribution in [1.29, 1.82) is 0 Å². The Kier molecular flexibility index (Phi) is 4.12. The lowest BCUT2D eigenvalue weighted by Gasteiger charge is -2.25. The molecule has 1 saturated carbocycles. The lowest BCUT2D eigenvalue weighted by Crippen LogP contribution is -2.23. The molecular weight excluding hydrogens is 222 g/mol. The third-order valence-electron chi connectivity index (χ3n) is 2.93. The zero-order valence-electron chi connectivity index (χ0n) is 9.90. The maximum atomic E-state index is 5.87. The first-order chi connectivity index (χ1) is 7.78. The van der Waals surface area contributed by atoms with Crippen LogP contribution in [0.2, 0.25) is 0 Å². The van der Waals surface area contributed by atoms with E-state index in [9.17, 15) is 0 Å². The Labute approximate surface area is 100 Å². The summed E-state index contributed by atoms with van der Waals surface area (Å²) in [6.07, 6.45) is 5.26. The van der Waals surface area contributed by atoms with E-state index in [2.05, 4.69) is 22.4 Å². The third-order valence-corrected chi connectivity index (χ3v) is 3.75. The summed E-state index contributed by atoms with van der Waals surface area (Å²) in [6, 6.07) is 0. The number of nitrogens with zero attached hydrogens (tertiary/aromatic N) is 2. The number of ether oxygens (including phenoxy) is 1. The molecule has 0 saturated heterocycles. The highest BCUT2D eigenvalue weighted by Gasteiger charge is 2.21. The van der Waals surface area contributed by atoms with E-state index in [-0.39, 0.29) is 0 Å². The quantitative estimate of drug-likeness (QED) is 0.878. The monoisotopic (exact) mass is 241 g/mol. The number of aromatic nitrogens is 2. The molecule has 1 heterocycles. The number of rotatable bonds is 4. The van der Waals surface area contributed by atoms with Gasteiger partial charge in [0, 0.05) is 6.54 Å². The first-order valence-electron chi connectivity index (χ1n) is 5.91. The largest absolute Gasteiger partial charge is 0.466 e. The highest BCUT2D eigenvalue weighted by Crippen LogP contribution is 2.28. The van der Waals surface area contributed by atoms with Gasteiger partial charge in [0.25, 0.3) is 5.19 Å². The van der Waals surface area contributed by atoms with Crippen molar-refractivity contribution in [3.8, 4) is 5.19 Å². The molecule has 0 bridgehead atoms. The van der Waals surface area contributed by atoms with Crippen molar-refractivity contribution < 1.29 is 4.74 Å². The molecule has 16 heavy (non-hydrogen) atoms. The summed E-state index contributed by atoms with van der Waals surface area (Å²) in [5.41, 5.74) is 0. The molecule has 5 heteroatoms. The molecule has 2 unspecified atom stereocenters. The Morgan fingerprint density at radius 3 is 3.06 bits per heavy atom. The van der Waals surface area contributed by atoms with Gasteiger partial charge in [-0.15, -0.1) is 5.10 Å². The van der Waals surface area contributed by atoms with Crippen molar-refractivity contribution in [2.75, 3.05) is 7.05 Å². The van der Waals surface area contributed by atoms with Crippen molar-refractivity contribution in [2.24, 2.45) is 5.92 Å². The van der Waals surface area contributed by atoms with Gasteiger partial charge < -0.3 is 10.1 Å². The Morgan fingerprint density at radius 2 is 2.31 bits per heavy atom. The summed E-state index contributed by atoms with van der Waals surface area (Å²) >= 11 is 1.55. The summed E-state index contributed by atoms with van der Waals surface area (Å²) in [7, 11) is 1.91. The van der Waals surface area contributed by atoms with Gasteiger partial charge in [0.05, 0.1) is 0 Å². The van der Waals surface area contributed by atoms with Gasteiger partial charge in [-0.1, -0.05) is 29.8 Å². The van der Waals surface area contributed by atoms with Crippen LogP contribution < -0.4 is 10.1 Å². The maximum Gasteiger partial charge on any atom is 0.294 e. The fraction of sp³-hybridized carbons (Fsp3) is 0.818. The smallest absolute Gasteiger partial charge is 0.294 e. The van der Waals surface area contributed by atoms with Gasteiger partial charge in [0.15, 0.2) is 0 Å². The van der Waals surface area contributed by atoms with Crippen molar-refractivity contribution in [1.82, 2.24) is 15.5 Å². The SMILES string of the molecule is CNCc1nnc(OC2CCCC(C)C2)s1. The predicted molar refractivity (Wildman–Crippen MR) is 64.7 cm³/mol. The van der Waals surface area contributed by atoms with Crippen LogP contribution in [0.1, 0.15) is 37.6 Å². The van der Waals surface area contributed by atoms with Crippen LogP contribution in [0.25, 0.3) is 0 Å². The molecule has 0 radical (unpaired) electrons. The fourth-order valence-corrected chi connectivity index (χ4v) is 2.90. The summed E-state index contributed by atoms with van der Waals surface area (Å²) in [5.74, 6) is 0.781. The highest BCUT2D eigenvalue weighted by atomic mass is 32.1. The maximum absolute atomic E-state index is 5.87. The van der Waals surface area contributed by atoms with Crippen LogP contribution in [-0.4, -0.2) is 23.3 Å². The molecule has 2 atom stereocenters. The average Bonchev–Trinajstić information content (AvgIpc) is 2.66. The van der Waals surface area contributed by atoms with Gasteiger partial charge >= 0.3 is 0 Å². The minimum Gasteiger partial charge on any atom is -0.466 e. The van der Waals surface area contributed by atoms with Gasteiger partial charge in [-0.3, -0.25) is 0 Å². The summed E-state index contributed by atoms with van der Waals surface area (Å²) < 4.78 is 5.87. The fourth-order valence-electron chi connectivity index (χ4n) is 2.14. The minimum atomic E-state index is 0.346. The van der Waals surface area contributed by atoms with E-state index < -0.39 is 0 Å². The minimum absolute atomic E-state index is 0.346. The Balaban J connectivity index is 1.87. The molecule has 1 fully saturated rings. The van der Waals surface area contributed by atoms with E-state index in [1.807, 2.05) is 7.05 Å². The Morgan fingerprint density at radius 1 is 1.44 bits per heavy atom. The van der Waals surface area contributed by atoms with Crippen LogP contribution in [-0.2, 0) is 6.54 Å².